The average molecular weight is 568 g/mol. The number of nitrogens with one attached hydrogen (secondary N) is 1. The van der Waals surface area contributed by atoms with E-state index in [1.54, 1.807) is 20.8 Å². The number of hydrogen-bond donors (Lipinski definition) is 3. The number of hydrogen-bond acceptors (Lipinski definition) is 7. The van der Waals surface area contributed by atoms with E-state index >= 15 is 0 Å². The molecule has 0 saturated carbocycles. The third kappa shape index (κ3) is 26.9. The highest BCUT2D eigenvalue weighted by Gasteiger charge is 2.33. The van der Waals surface area contributed by atoms with Crippen molar-refractivity contribution in [2.45, 2.75) is 142 Å². The Labute approximate surface area is 232 Å². The molecule has 0 aromatic heterocycles. The van der Waals surface area contributed by atoms with E-state index in [0.717, 1.165) is 12.8 Å². The summed E-state index contributed by atoms with van der Waals surface area (Å²) in [6.07, 6.45) is 18.8. The topological polar surface area (TPSA) is 124 Å². The normalized spacial score (nSPS) is 14.3. The highest BCUT2D eigenvalue weighted by atomic mass is 31.2. The van der Waals surface area contributed by atoms with Gasteiger partial charge in [0.05, 0.1) is 25.4 Å². The molecule has 0 spiro atoms. The molecule has 0 fully saturated rings. The Balaban J connectivity index is 3.70. The molecule has 0 aromatic rings. The maximum Gasteiger partial charge on any atom is 0.475 e. The first-order chi connectivity index (χ1) is 18.1. The standard InChI is InChI=1S/C28H58NO8P/c1-5-6-7-8-9-10-11-12-13-14-15-16-17-18-19-20-22-34-24-26(30)25-36-38(33,37-28(2,3)4)35-23-21-29-27(31)32/h26,29-30H,5-25H2,1-4H3,(H,31,32)/t26-,38?/m1/s1. The zero-order valence-electron chi connectivity index (χ0n) is 24.7. The number of rotatable bonds is 27. The van der Waals surface area contributed by atoms with Crippen molar-refractivity contribution in [3.63, 3.8) is 0 Å². The molecule has 10 heteroatoms. The van der Waals surface area contributed by atoms with Gasteiger partial charge in [0, 0.05) is 13.2 Å². The molecule has 228 valence electrons. The van der Waals surface area contributed by atoms with E-state index in [1.165, 1.54) is 89.9 Å². The Hall–Kier alpha value is -0.700. The van der Waals surface area contributed by atoms with Gasteiger partial charge in [-0.3, -0.25) is 13.6 Å². The summed E-state index contributed by atoms with van der Waals surface area (Å²) in [5.74, 6) is 0. The maximum atomic E-state index is 12.8. The van der Waals surface area contributed by atoms with Gasteiger partial charge in [-0.25, -0.2) is 9.36 Å². The van der Waals surface area contributed by atoms with Crippen LogP contribution in [-0.2, 0) is 22.9 Å². The van der Waals surface area contributed by atoms with Gasteiger partial charge in [-0.15, -0.1) is 0 Å². The van der Waals surface area contributed by atoms with Crippen molar-refractivity contribution in [1.82, 2.24) is 5.32 Å². The number of aliphatic hydroxyl groups excluding tert-OH is 1. The summed E-state index contributed by atoms with van der Waals surface area (Å²) < 4.78 is 34.2. The third-order valence-electron chi connectivity index (χ3n) is 5.89. The van der Waals surface area contributed by atoms with Crippen molar-refractivity contribution in [1.29, 1.82) is 0 Å². The van der Waals surface area contributed by atoms with Crippen LogP contribution < -0.4 is 5.32 Å². The lowest BCUT2D eigenvalue weighted by Crippen LogP contribution is -2.27. The second kappa shape index (κ2) is 24.1. The quantitative estimate of drug-likeness (QED) is 0.0677. The Morgan fingerprint density at radius 3 is 1.68 bits per heavy atom. The minimum atomic E-state index is -3.98. The molecule has 0 saturated heterocycles. The number of ether oxygens (including phenoxy) is 1. The minimum Gasteiger partial charge on any atom is -0.465 e. The van der Waals surface area contributed by atoms with Crippen LogP contribution in [0.1, 0.15) is 130 Å². The van der Waals surface area contributed by atoms with E-state index in [2.05, 4.69) is 12.2 Å². The lowest BCUT2D eigenvalue weighted by atomic mass is 10.0. The molecule has 0 aliphatic heterocycles. The fraction of sp³-hybridized carbons (Fsp3) is 0.964. The minimum absolute atomic E-state index is 0.0643. The molecular formula is C28H58NO8P. The molecule has 0 rings (SSSR count). The zero-order valence-corrected chi connectivity index (χ0v) is 25.6. The molecular weight excluding hydrogens is 509 g/mol. The molecule has 38 heavy (non-hydrogen) atoms. The Kier molecular flexibility index (Phi) is 23.7. The van der Waals surface area contributed by atoms with Gasteiger partial charge in [-0.2, -0.15) is 0 Å². The van der Waals surface area contributed by atoms with Gasteiger partial charge in [-0.1, -0.05) is 103 Å². The van der Waals surface area contributed by atoms with Crippen LogP contribution in [0.3, 0.4) is 0 Å². The van der Waals surface area contributed by atoms with Crippen LogP contribution in [0.2, 0.25) is 0 Å². The number of unbranched alkanes of at least 4 members (excludes halogenated alkanes) is 15. The van der Waals surface area contributed by atoms with E-state index in [-0.39, 0.29) is 26.4 Å². The molecule has 0 radical (unpaired) electrons. The Morgan fingerprint density at radius 1 is 0.763 bits per heavy atom. The molecule has 0 aliphatic carbocycles. The third-order valence-corrected chi connectivity index (χ3v) is 7.63. The Bertz CT molecular complexity index is 600. The highest BCUT2D eigenvalue weighted by molar-refractivity contribution is 7.48. The fourth-order valence-electron chi connectivity index (χ4n) is 3.94. The highest BCUT2D eigenvalue weighted by Crippen LogP contribution is 2.52. The van der Waals surface area contributed by atoms with Crippen molar-refractivity contribution < 1.29 is 37.9 Å². The monoisotopic (exact) mass is 567 g/mol. The van der Waals surface area contributed by atoms with Crippen LogP contribution in [0.25, 0.3) is 0 Å². The van der Waals surface area contributed by atoms with Gasteiger partial charge < -0.3 is 20.3 Å². The van der Waals surface area contributed by atoms with Crippen LogP contribution in [0.15, 0.2) is 0 Å². The summed E-state index contributed by atoms with van der Waals surface area (Å²) >= 11 is 0. The van der Waals surface area contributed by atoms with Gasteiger partial charge in [-0.05, 0) is 27.2 Å². The molecule has 9 nitrogen and oxygen atoms in total. The number of phosphoric acid groups is 1. The first kappa shape index (κ1) is 37.3. The molecule has 0 heterocycles. The van der Waals surface area contributed by atoms with Crippen molar-refractivity contribution >= 4 is 13.9 Å². The summed E-state index contributed by atoms with van der Waals surface area (Å²) in [5, 5.41) is 20.8. The first-order valence-electron chi connectivity index (χ1n) is 14.9. The SMILES string of the molecule is CCCCCCCCCCCCCCCCCCOC[C@@H](O)COP(=O)(OCCNC(=O)O)OC(C)(C)C. The van der Waals surface area contributed by atoms with Crippen LogP contribution >= 0.6 is 7.82 Å². The van der Waals surface area contributed by atoms with Gasteiger partial charge in [0.25, 0.3) is 0 Å². The average Bonchev–Trinajstić information content (AvgIpc) is 2.83. The van der Waals surface area contributed by atoms with E-state index in [0.29, 0.717) is 6.61 Å². The number of carbonyl (C=O) groups is 1. The molecule has 0 aliphatic rings. The molecule has 0 bridgehead atoms. The second-order valence-electron chi connectivity index (χ2n) is 11.0. The number of carboxylic acid groups (broad SMARTS) is 1. The van der Waals surface area contributed by atoms with E-state index < -0.39 is 25.6 Å². The van der Waals surface area contributed by atoms with Crippen LogP contribution in [0.4, 0.5) is 4.79 Å². The van der Waals surface area contributed by atoms with Gasteiger partial charge in [0.1, 0.15) is 6.10 Å². The van der Waals surface area contributed by atoms with Crippen LogP contribution in [0, 0.1) is 0 Å². The lowest BCUT2D eigenvalue weighted by molar-refractivity contribution is -0.0122. The number of amides is 1. The molecule has 3 N–H and O–H groups in total. The van der Waals surface area contributed by atoms with Crippen LogP contribution in [0.5, 0.6) is 0 Å². The van der Waals surface area contributed by atoms with Crippen molar-refractivity contribution in [2.75, 3.05) is 33.0 Å². The summed E-state index contributed by atoms with van der Waals surface area (Å²) in [4.78, 5) is 10.5. The summed E-state index contributed by atoms with van der Waals surface area (Å²) in [6, 6.07) is 0. The summed E-state index contributed by atoms with van der Waals surface area (Å²) in [5.41, 5.74) is -0.815. The smallest absolute Gasteiger partial charge is 0.465 e. The summed E-state index contributed by atoms with van der Waals surface area (Å²) in [7, 11) is -3.98. The van der Waals surface area contributed by atoms with Gasteiger partial charge in [0.15, 0.2) is 0 Å². The number of phosphoric ester groups is 1. The summed E-state index contributed by atoms with van der Waals surface area (Å²) in [6.45, 7) is 7.43. The maximum absolute atomic E-state index is 12.8. The van der Waals surface area contributed by atoms with Crippen molar-refractivity contribution in [3.05, 3.63) is 0 Å². The largest absolute Gasteiger partial charge is 0.475 e. The molecule has 1 unspecified atom stereocenters. The Morgan fingerprint density at radius 2 is 1.24 bits per heavy atom. The zero-order chi connectivity index (χ0) is 28.5. The van der Waals surface area contributed by atoms with E-state index in [9.17, 15) is 14.5 Å². The predicted octanol–water partition coefficient (Wildman–Crippen LogP) is 7.85. The molecule has 0 aromatic carbocycles. The molecule has 1 amide bonds. The second-order valence-corrected chi connectivity index (χ2v) is 12.6. The van der Waals surface area contributed by atoms with Gasteiger partial charge in [0.2, 0.25) is 0 Å². The first-order valence-corrected chi connectivity index (χ1v) is 16.4. The predicted molar refractivity (Wildman–Crippen MR) is 153 cm³/mol. The van der Waals surface area contributed by atoms with Crippen molar-refractivity contribution in [3.8, 4) is 0 Å². The van der Waals surface area contributed by atoms with Crippen LogP contribution in [-0.4, -0.2) is 61.0 Å². The number of aliphatic hydroxyl groups is 1. The van der Waals surface area contributed by atoms with Gasteiger partial charge >= 0.3 is 13.9 Å². The fourth-order valence-corrected chi connectivity index (χ4v) is 5.46. The van der Waals surface area contributed by atoms with E-state index in [1.807, 2.05) is 0 Å². The van der Waals surface area contributed by atoms with Crippen molar-refractivity contribution in [2.24, 2.45) is 0 Å². The molecule has 2 atom stereocenters. The van der Waals surface area contributed by atoms with E-state index in [4.69, 9.17) is 23.4 Å². The lowest BCUT2D eigenvalue weighted by Gasteiger charge is -2.26.